The van der Waals surface area contributed by atoms with Crippen LogP contribution in [0.5, 0.6) is 0 Å². The van der Waals surface area contributed by atoms with Gasteiger partial charge in [0.25, 0.3) is 0 Å². The molecule has 2 aromatic heterocycles. The molecule has 0 unspecified atom stereocenters. The summed E-state index contributed by atoms with van der Waals surface area (Å²) in [6.45, 7) is 2.97. The highest BCUT2D eigenvalue weighted by Gasteiger charge is 2.22. The van der Waals surface area contributed by atoms with Crippen molar-refractivity contribution in [1.29, 1.82) is 0 Å². The fourth-order valence-corrected chi connectivity index (χ4v) is 4.22. The first kappa shape index (κ1) is 18.8. The lowest BCUT2D eigenvalue weighted by atomic mass is 9.93. The van der Waals surface area contributed by atoms with Crippen LogP contribution in [0.25, 0.3) is 0 Å². The second-order valence-electron chi connectivity index (χ2n) is 7.04. The summed E-state index contributed by atoms with van der Waals surface area (Å²) in [6, 6.07) is 12.4. The van der Waals surface area contributed by atoms with Crippen LogP contribution in [0.15, 0.2) is 60.1 Å². The van der Waals surface area contributed by atoms with Gasteiger partial charge in [-0.1, -0.05) is 42.1 Å². The van der Waals surface area contributed by atoms with Crippen molar-refractivity contribution >= 4 is 17.7 Å². The SMILES string of the molecule is Nc1nccc(C2CCN(Cc3cnc(SCc4ccccc4)nc3)CC2)n1. The van der Waals surface area contributed by atoms with Gasteiger partial charge in [0.1, 0.15) is 0 Å². The molecule has 3 heterocycles. The number of hydrogen-bond donors (Lipinski definition) is 1. The third-order valence-corrected chi connectivity index (χ3v) is 5.95. The number of likely N-dealkylation sites (tertiary alicyclic amines) is 1. The van der Waals surface area contributed by atoms with Crippen LogP contribution < -0.4 is 5.73 Å². The molecule has 6 nitrogen and oxygen atoms in total. The lowest BCUT2D eigenvalue weighted by Crippen LogP contribution is -2.32. The van der Waals surface area contributed by atoms with Crippen LogP contribution >= 0.6 is 11.8 Å². The minimum Gasteiger partial charge on any atom is -0.368 e. The predicted octanol–water partition coefficient (Wildman–Crippen LogP) is 3.52. The van der Waals surface area contributed by atoms with Gasteiger partial charge in [-0.2, -0.15) is 0 Å². The van der Waals surface area contributed by atoms with Gasteiger partial charge in [0.15, 0.2) is 5.16 Å². The second-order valence-corrected chi connectivity index (χ2v) is 7.98. The molecule has 0 atom stereocenters. The van der Waals surface area contributed by atoms with Gasteiger partial charge in [0.05, 0.1) is 0 Å². The average molecular weight is 393 g/mol. The van der Waals surface area contributed by atoms with E-state index in [-0.39, 0.29) is 0 Å². The van der Waals surface area contributed by atoms with E-state index in [9.17, 15) is 0 Å². The van der Waals surface area contributed by atoms with Crippen molar-refractivity contribution in [1.82, 2.24) is 24.8 Å². The molecule has 144 valence electrons. The van der Waals surface area contributed by atoms with Gasteiger partial charge >= 0.3 is 0 Å². The highest BCUT2D eigenvalue weighted by Crippen LogP contribution is 2.27. The topological polar surface area (TPSA) is 80.8 Å². The molecule has 3 aromatic rings. The number of anilines is 1. The van der Waals surface area contributed by atoms with Crippen LogP contribution in [-0.2, 0) is 12.3 Å². The fourth-order valence-electron chi connectivity index (χ4n) is 3.48. The van der Waals surface area contributed by atoms with E-state index in [0.29, 0.717) is 11.9 Å². The second kappa shape index (κ2) is 9.12. The largest absolute Gasteiger partial charge is 0.368 e. The first-order valence-corrected chi connectivity index (χ1v) is 10.5. The average Bonchev–Trinajstić information content (AvgIpc) is 2.75. The van der Waals surface area contributed by atoms with E-state index in [4.69, 9.17) is 5.73 Å². The Labute approximate surface area is 169 Å². The van der Waals surface area contributed by atoms with Crippen LogP contribution in [0.2, 0.25) is 0 Å². The summed E-state index contributed by atoms with van der Waals surface area (Å²) in [7, 11) is 0. The summed E-state index contributed by atoms with van der Waals surface area (Å²) in [5, 5.41) is 0.827. The van der Waals surface area contributed by atoms with Gasteiger partial charge in [-0.05, 0) is 37.6 Å². The number of aromatic nitrogens is 4. The Morgan fingerprint density at radius 2 is 1.71 bits per heavy atom. The minimum atomic E-state index is 0.363. The maximum absolute atomic E-state index is 5.71. The highest BCUT2D eigenvalue weighted by molar-refractivity contribution is 7.98. The van der Waals surface area contributed by atoms with Crippen molar-refractivity contribution in [2.75, 3.05) is 18.8 Å². The normalized spacial score (nSPS) is 15.6. The maximum atomic E-state index is 5.71. The Bertz CT molecular complexity index is 879. The minimum absolute atomic E-state index is 0.363. The number of thioether (sulfide) groups is 1. The van der Waals surface area contributed by atoms with E-state index >= 15 is 0 Å². The zero-order chi connectivity index (χ0) is 19.2. The Balaban J connectivity index is 1.26. The quantitative estimate of drug-likeness (QED) is 0.508. The molecule has 0 spiro atoms. The first-order chi connectivity index (χ1) is 13.8. The Morgan fingerprint density at radius 3 is 2.43 bits per heavy atom. The van der Waals surface area contributed by atoms with Crippen molar-refractivity contribution in [2.45, 2.75) is 36.2 Å². The van der Waals surface area contributed by atoms with Crippen LogP contribution in [-0.4, -0.2) is 37.9 Å². The van der Waals surface area contributed by atoms with E-state index < -0.39 is 0 Å². The van der Waals surface area contributed by atoms with Crippen LogP contribution in [0.4, 0.5) is 5.95 Å². The monoisotopic (exact) mass is 392 g/mol. The van der Waals surface area contributed by atoms with Crippen molar-refractivity contribution in [3.8, 4) is 0 Å². The molecule has 7 heteroatoms. The standard InChI is InChI=1S/C21H24N6S/c22-20-23-9-6-19(26-20)18-7-10-27(11-8-18)14-17-12-24-21(25-13-17)28-15-16-4-2-1-3-5-16/h1-6,9,12-13,18H,7-8,10-11,14-15H2,(H2,22,23,26). The summed E-state index contributed by atoms with van der Waals surface area (Å²) < 4.78 is 0. The maximum Gasteiger partial charge on any atom is 0.220 e. The molecule has 0 saturated carbocycles. The Hall–Kier alpha value is -2.51. The molecule has 28 heavy (non-hydrogen) atoms. The van der Waals surface area contributed by atoms with Gasteiger partial charge in [-0.25, -0.2) is 19.9 Å². The number of piperidine rings is 1. The van der Waals surface area contributed by atoms with Crippen LogP contribution in [0.3, 0.4) is 0 Å². The first-order valence-electron chi connectivity index (χ1n) is 9.55. The number of hydrogen-bond acceptors (Lipinski definition) is 7. The lowest BCUT2D eigenvalue weighted by molar-refractivity contribution is 0.203. The number of rotatable bonds is 6. The molecule has 0 bridgehead atoms. The van der Waals surface area contributed by atoms with Gasteiger partial charge < -0.3 is 5.73 Å². The number of nitrogens with two attached hydrogens (primary N) is 1. The molecule has 1 aromatic carbocycles. The molecule has 2 N–H and O–H groups in total. The number of nitrogens with zero attached hydrogens (tertiary/aromatic N) is 5. The van der Waals surface area contributed by atoms with Crippen molar-refractivity contribution in [3.63, 3.8) is 0 Å². The zero-order valence-electron chi connectivity index (χ0n) is 15.7. The summed E-state index contributed by atoms with van der Waals surface area (Å²) >= 11 is 1.67. The van der Waals surface area contributed by atoms with E-state index in [0.717, 1.165) is 54.6 Å². The molecule has 1 aliphatic heterocycles. The summed E-state index contributed by atoms with van der Waals surface area (Å²) in [4.78, 5) is 19.9. The van der Waals surface area contributed by atoms with Gasteiger partial charge in [-0.15, -0.1) is 0 Å². The van der Waals surface area contributed by atoms with Crippen LogP contribution in [0, 0.1) is 0 Å². The molecule has 0 radical (unpaired) electrons. The molecule has 4 rings (SSSR count). The van der Waals surface area contributed by atoms with Gasteiger partial charge in [-0.3, -0.25) is 4.90 Å². The van der Waals surface area contributed by atoms with Crippen LogP contribution in [0.1, 0.15) is 35.6 Å². The van der Waals surface area contributed by atoms with Crippen molar-refractivity contribution in [3.05, 3.63) is 71.8 Å². The summed E-state index contributed by atoms with van der Waals surface area (Å²) in [5.41, 5.74) is 9.22. The van der Waals surface area contributed by atoms with E-state index in [1.807, 2.05) is 24.5 Å². The number of nitrogen functional groups attached to an aromatic ring is 1. The van der Waals surface area contributed by atoms with E-state index in [1.165, 1.54) is 5.56 Å². The Morgan fingerprint density at radius 1 is 0.964 bits per heavy atom. The molecule has 0 aliphatic carbocycles. The zero-order valence-corrected chi connectivity index (χ0v) is 16.6. The van der Waals surface area contributed by atoms with E-state index in [2.05, 4.69) is 49.1 Å². The molecule has 1 saturated heterocycles. The molecule has 1 fully saturated rings. The van der Waals surface area contributed by atoms with Crippen molar-refractivity contribution < 1.29 is 0 Å². The highest BCUT2D eigenvalue weighted by atomic mass is 32.2. The third kappa shape index (κ3) is 5.05. The summed E-state index contributed by atoms with van der Waals surface area (Å²) in [5.74, 6) is 1.72. The number of benzene rings is 1. The molecule has 0 amide bonds. The third-order valence-electron chi connectivity index (χ3n) is 5.00. The molecule has 1 aliphatic rings. The predicted molar refractivity (Wildman–Crippen MR) is 112 cm³/mol. The van der Waals surface area contributed by atoms with E-state index in [1.54, 1.807) is 18.0 Å². The summed E-state index contributed by atoms with van der Waals surface area (Å²) in [6.07, 6.45) is 7.83. The fraction of sp³-hybridized carbons (Fsp3) is 0.333. The smallest absolute Gasteiger partial charge is 0.220 e. The Kier molecular flexibility index (Phi) is 6.14. The molecular formula is C21H24N6S. The van der Waals surface area contributed by atoms with Gasteiger partial charge in [0, 0.05) is 48.1 Å². The lowest BCUT2D eigenvalue weighted by Gasteiger charge is -2.31. The van der Waals surface area contributed by atoms with Crippen molar-refractivity contribution in [2.24, 2.45) is 0 Å². The van der Waals surface area contributed by atoms with Gasteiger partial charge in [0.2, 0.25) is 5.95 Å². The molecular weight excluding hydrogens is 368 g/mol.